The molecule has 0 radical (unpaired) electrons. The average Bonchev–Trinajstić information content (AvgIpc) is 2.82. The molecule has 3 rings (SSSR count). The van der Waals surface area contributed by atoms with E-state index in [1.54, 1.807) is 0 Å². The SMILES string of the molecule is CNC1CCC(C)CC1n1cnc2c1CCCC2. The van der Waals surface area contributed by atoms with Crippen molar-refractivity contribution >= 4 is 0 Å². The minimum Gasteiger partial charge on any atom is -0.330 e. The molecule has 3 unspecified atom stereocenters. The molecule has 2 aliphatic carbocycles. The molecule has 1 aromatic rings. The number of nitrogens with zero attached hydrogens (tertiary/aromatic N) is 2. The zero-order valence-electron chi connectivity index (χ0n) is 11.7. The number of fused-ring (bicyclic) bond motifs is 1. The topological polar surface area (TPSA) is 29.9 Å². The van der Waals surface area contributed by atoms with Crippen LogP contribution in [0.15, 0.2) is 6.33 Å². The molecule has 1 fully saturated rings. The third-order valence-corrected chi connectivity index (χ3v) is 4.87. The highest BCUT2D eigenvalue weighted by atomic mass is 15.1. The van der Waals surface area contributed by atoms with Crippen molar-refractivity contribution in [2.45, 2.75) is 64.0 Å². The van der Waals surface area contributed by atoms with Crippen LogP contribution in [-0.4, -0.2) is 22.6 Å². The van der Waals surface area contributed by atoms with Crippen LogP contribution >= 0.6 is 0 Å². The van der Waals surface area contributed by atoms with Crippen LogP contribution in [0.5, 0.6) is 0 Å². The molecule has 2 aliphatic rings. The lowest BCUT2D eigenvalue weighted by atomic mass is 9.83. The van der Waals surface area contributed by atoms with Crippen LogP contribution in [-0.2, 0) is 12.8 Å². The van der Waals surface area contributed by atoms with Crippen LogP contribution in [0.3, 0.4) is 0 Å². The molecule has 0 amide bonds. The Morgan fingerprint density at radius 1 is 1.28 bits per heavy atom. The molecule has 0 bridgehead atoms. The Labute approximate surface area is 110 Å². The van der Waals surface area contributed by atoms with E-state index in [4.69, 9.17) is 0 Å². The number of nitrogens with one attached hydrogen (secondary N) is 1. The molecule has 1 aromatic heterocycles. The molecule has 3 atom stereocenters. The van der Waals surface area contributed by atoms with Crippen molar-refractivity contribution in [3.63, 3.8) is 0 Å². The van der Waals surface area contributed by atoms with E-state index in [1.807, 2.05) is 0 Å². The third-order valence-electron chi connectivity index (χ3n) is 4.87. The van der Waals surface area contributed by atoms with E-state index in [0.29, 0.717) is 12.1 Å². The van der Waals surface area contributed by atoms with E-state index in [1.165, 1.54) is 56.3 Å². The minimum absolute atomic E-state index is 0.619. The predicted octanol–water partition coefficient (Wildman–Crippen LogP) is 2.71. The van der Waals surface area contributed by atoms with Crippen LogP contribution in [0, 0.1) is 5.92 Å². The van der Waals surface area contributed by atoms with Crippen molar-refractivity contribution in [3.05, 3.63) is 17.7 Å². The fraction of sp³-hybridized carbons (Fsp3) is 0.800. The summed E-state index contributed by atoms with van der Waals surface area (Å²) in [6.45, 7) is 2.39. The molecule has 0 saturated heterocycles. The molecule has 1 N–H and O–H groups in total. The van der Waals surface area contributed by atoms with Crippen molar-refractivity contribution in [3.8, 4) is 0 Å². The van der Waals surface area contributed by atoms with Gasteiger partial charge in [0, 0.05) is 11.7 Å². The van der Waals surface area contributed by atoms with E-state index in [0.717, 1.165) is 5.92 Å². The molecule has 3 heteroatoms. The second-order valence-electron chi connectivity index (χ2n) is 6.13. The van der Waals surface area contributed by atoms with E-state index in [-0.39, 0.29) is 0 Å². The van der Waals surface area contributed by atoms with Gasteiger partial charge in [-0.15, -0.1) is 0 Å². The molecular weight excluding hydrogens is 222 g/mol. The summed E-state index contributed by atoms with van der Waals surface area (Å²) >= 11 is 0. The number of aryl methyl sites for hydroxylation is 1. The highest BCUT2D eigenvalue weighted by Crippen LogP contribution is 2.35. The number of aromatic nitrogens is 2. The summed E-state index contributed by atoms with van der Waals surface area (Å²) in [5.74, 6) is 0.848. The first kappa shape index (κ1) is 12.2. The highest BCUT2D eigenvalue weighted by molar-refractivity contribution is 5.18. The first-order chi connectivity index (χ1) is 8.79. The van der Waals surface area contributed by atoms with Crippen LogP contribution < -0.4 is 5.32 Å². The maximum Gasteiger partial charge on any atom is 0.0954 e. The van der Waals surface area contributed by atoms with Crippen molar-refractivity contribution in [2.24, 2.45) is 5.92 Å². The van der Waals surface area contributed by atoms with Crippen molar-refractivity contribution < 1.29 is 0 Å². The molecular formula is C15H25N3. The molecule has 1 saturated carbocycles. The van der Waals surface area contributed by atoms with Crippen molar-refractivity contribution in [1.82, 2.24) is 14.9 Å². The maximum absolute atomic E-state index is 4.66. The van der Waals surface area contributed by atoms with Gasteiger partial charge in [0.05, 0.1) is 18.1 Å². The van der Waals surface area contributed by atoms with E-state index in [2.05, 4.69) is 35.2 Å². The van der Waals surface area contributed by atoms with Gasteiger partial charge in [-0.2, -0.15) is 0 Å². The molecule has 18 heavy (non-hydrogen) atoms. The molecule has 0 aromatic carbocycles. The number of rotatable bonds is 2. The Morgan fingerprint density at radius 3 is 2.94 bits per heavy atom. The van der Waals surface area contributed by atoms with Crippen molar-refractivity contribution in [1.29, 1.82) is 0 Å². The molecule has 3 nitrogen and oxygen atoms in total. The second-order valence-corrected chi connectivity index (χ2v) is 6.13. The lowest BCUT2D eigenvalue weighted by molar-refractivity contribution is 0.219. The van der Waals surface area contributed by atoms with Gasteiger partial charge in [-0.05, 0) is 57.9 Å². The van der Waals surface area contributed by atoms with Gasteiger partial charge in [-0.25, -0.2) is 4.98 Å². The smallest absolute Gasteiger partial charge is 0.0954 e. The Balaban J connectivity index is 1.89. The fourth-order valence-electron chi connectivity index (χ4n) is 3.77. The van der Waals surface area contributed by atoms with Gasteiger partial charge in [0.15, 0.2) is 0 Å². The van der Waals surface area contributed by atoms with Gasteiger partial charge in [-0.1, -0.05) is 6.92 Å². The molecule has 100 valence electrons. The largest absolute Gasteiger partial charge is 0.330 e. The standard InChI is InChI=1S/C15H25N3/c1-11-7-8-12(16-2)15(9-11)18-10-17-13-5-3-4-6-14(13)18/h10-12,15-16H,3-9H2,1-2H3. The average molecular weight is 247 g/mol. The second kappa shape index (κ2) is 5.04. The number of likely N-dealkylation sites (N-methyl/N-ethyl adjacent to an activating group) is 1. The summed E-state index contributed by atoms with van der Waals surface area (Å²) in [5.41, 5.74) is 2.90. The zero-order chi connectivity index (χ0) is 12.5. The van der Waals surface area contributed by atoms with E-state index in [9.17, 15) is 0 Å². The number of hydrogen-bond donors (Lipinski definition) is 1. The lowest BCUT2D eigenvalue weighted by Crippen LogP contribution is -2.40. The number of hydrogen-bond acceptors (Lipinski definition) is 2. The first-order valence-electron chi connectivity index (χ1n) is 7.51. The van der Waals surface area contributed by atoms with Crippen LogP contribution in [0.4, 0.5) is 0 Å². The van der Waals surface area contributed by atoms with E-state index < -0.39 is 0 Å². The zero-order valence-corrected chi connectivity index (χ0v) is 11.7. The van der Waals surface area contributed by atoms with Gasteiger partial charge < -0.3 is 9.88 Å². The quantitative estimate of drug-likeness (QED) is 0.871. The predicted molar refractivity (Wildman–Crippen MR) is 73.8 cm³/mol. The fourth-order valence-corrected chi connectivity index (χ4v) is 3.77. The van der Waals surface area contributed by atoms with Gasteiger partial charge in [0.2, 0.25) is 0 Å². The summed E-state index contributed by atoms with van der Waals surface area (Å²) < 4.78 is 2.51. The first-order valence-corrected chi connectivity index (χ1v) is 7.51. The highest BCUT2D eigenvalue weighted by Gasteiger charge is 2.31. The van der Waals surface area contributed by atoms with Gasteiger partial charge in [0.25, 0.3) is 0 Å². The Bertz CT molecular complexity index is 410. The lowest BCUT2D eigenvalue weighted by Gasteiger charge is -2.36. The van der Waals surface area contributed by atoms with Gasteiger partial charge in [0.1, 0.15) is 0 Å². The normalized spacial score (nSPS) is 32.2. The van der Waals surface area contributed by atoms with E-state index >= 15 is 0 Å². The molecule has 1 heterocycles. The summed E-state index contributed by atoms with van der Waals surface area (Å²) in [6, 6.07) is 1.24. The van der Waals surface area contributed by atoms with Crippen molar-refractivity contribution in [2.75, 3.05) is 7.05 Å². The summed E-state index contributed by atoms with van der Waals surface area (Å²) in [5, 5.41) is 3.52. The monoisotopic (exact) mass is 247 g/mol. The summed E-state index contributed by atoms with van der Waals surface area (Å²) in [4.78, 5) is 4.66. The molecule has 0 aliphatic heterocycles. The molecule has 0 spiro atoms. The summed E-state index contributed by atoms with van der Waals surface area (Å²) in [7, 11) is 2.11. The third kappa shape index (κ3) is 2.09. The number of imidazole rings is 1. The summed E-state index contributed by atoms with van der Waals surface area (Å²) in [6.07, 6.45) is 11.2. The van der Waals surface area contributed by atoms with Gasteiger partial charge in [-0.3, -0.25) is 0 Å². The van der Waals surface area contributed by atoms with Crippen LogP contribution in [0.1, 0.15) is 56.5 Å². The van der Waals surface area contributed by atoms with Crippen LogP contribution in [0.25, 0.3) is 0 Å². The Morgan fingerprint density at radius 2 is 2.11 bits per heavy atom. The Kier molecular flexibility index (Phi) is 3.42. The van der Waals surface area contributed by atoms with Crippen LogP contribution in [0.2, 0.25) is 0 Å². The Hall–Kier alpha value is -0.830. The van der Waals surface area contributed by atoms with Gasteiger partial charge >= 0.3 is 0 Å². The minimum atomic E-state index is 0.619. The maximum atomic E-state index is 4.66.